The summed E-state index contributed by atoms with van der Waals surface area (Å²) < 4.78 is 1.56. The molecule has 6 heteroatoms. The molecule has 1 aromatic heterocycles. The fourth-order valence-corrected chi connectivity index (χ4v) is 1.55. The molecule has 1 unspecified atom stereocenters. The highest BCUT2D eigenvalue weighted by Gasteiger charge is 2.38. The van der Waals surface area contributed by atoms with Crippen molar-refractivity contribution in [3.05, 3.63) is 12.4 Å². The van der Waals surface area contributed by atoms with Crippen LogP contribution in [0, 0.1) is 11.3 Å². The Labute approximate surface area is 106 Å². The molecule has 0 fully saturated rings. The smallest absolute Gasteiger partial charge is 0.310 e. The van der Waals surface area contributed by atoms with Crippen molar-refractivity contribution >= 4 is 17.6 Å². The first-order chi connectivity index (χ1) is 8.25. The molecule has 1 amide bonds. The maximum Gasteiger partial charge on any atom is 0.310 e. The van der Waals surface area contributed by atoms with Crippen LogP contribution >= 0.6 is 0 Å². The lowest BCUT2D eigenvalue weighted by Crippen LogP contribution is -2.37. The van der Waals surface area contributed by atoms with Gasteiger partial charge in [-0.25, -0.2) is 0 Å². The fraction of sp³-hybridized carbons (Fsp3) is 0.583. The average molecular weight is 253 g/mol. The van der Waals surface area contributed by atoms with E-state index in [1.807, 2.05) is 0 Å². The Balaban J connectivity index is 2.71. The van der Waals surface area contributed by atoms with E-state index in [1.165, 1.54) is 6.20 Å². The average Bonchev–Trinajstić information content (AvgIpc) is 2.62. The highest BCUT2D eigenvalue weighted by molar-refractivity contribution is 5.94. The minimum atomic E-state index is -1.06. The van der Waals surface area contributed by atoms with Crippen LogP contribution in [0.2, 0.25) is 0 Å². The number of aliphatic carboxylic acids is 1. The van der Waals surface area contributed by atoms with Crippen molar-refractivity contribution in [2.24, 2.45) is 18.4 Å². The van der Waals surface area contributed by atoms with Crippen LogP contribution in [0.3, 0.4) is 0 Å². The Kier molecular flexibility index (Phi) is 4.11. The number of anilines is 1. The Bertz CT molecular complexity index is 453. The van der Waals surface area contributed by atoms with Crippen LogP contribution in [-0.2, 0) is 16.6 Å². The van der Waals surface area contributed by atoms with Crippen molar-refractivity contribution in [2.75, 3.05) is 5.32 Å². The van der Waals surface area contributed by atoms with E-state index in [4.69, 9.17) is 0 Å². The molecule has 1 aromatic rings. The van der Waals surface area contributed by atoms with E-state index in [9.17, 15) is 14.7 Å². The Morgan fingerprint density at radius 1 is 1.56 bits per heavy atom. The summed E-state index contributed by atoms with van der Waals surface area (Å²) in [5, 5.41) is 15.8. The summed E-state index contributed by atoms with van der Waals surface area (Å²) in [4.78, 5) is 23.1. The molecule has 1 heterocycles. The van der Waals surface area contributed by atoms with Gasteiger partial charge in [0.15, 0.2) is 0 Å². The van der Waals surface area contributed by atoms with Crippen molar-refractivity contribution in [1.82, 2.24) is 9.78 Å². The number of carbonyl (C=O) groups is 2. The van der Waals surface area contributed by atoms with E-state index in [2.05, 4.69) is 10.4 Å². The molecule has 1 rings (SSSR count). The zero-order valence-electron chi connectivity index (χ0n) is 11.1. The molecule has 0 aliphatic rings. The molecule has 0 aliphatic heterocycles. The van der Waals surface area contributed by atoms with Gasteiger partial charge in [0, 0.05) is 19.7 Å². The van der Waals surface area contributed by atoms with Crippen molar-refractivity contribution in [3.8, 4) is 0 Å². The third-order valence-corrected chi connectivity index (χ3v) is 3.28. The summed E-state index contributed by atoms with van der Waals surface area (Å²) in [5.41, 5.74) is -0.495. The fourth-order valence-electron chi connectivity index (χ4n) is 1.55. The van der Waals surface area contributed by atoms with Crippen molar-refractivity contribution < 1.29 is 14.7 Å². The van der Waals surface area contributed by atoms with Gasteiger partial charge in [-0.1, -0.05) is 13.8 Å². The van der Waals surface area contributed by atoms with Gasteiger partial charge in [-0.05, 0) is 12.8 Å². The SMILES string of the molecule is CC(C)C(C)(CC(=O)Nc1cnn(C)c1)C(=O)O. The minimum absolute atomic E-state index is 0.0606. The number of aromatic nitrogens is 2. The van der Waals surface area contributed by atoms with E-state index in [1.54, 1.807) is 38.7 Å². The summed E-state index contributed by atoms with van der Waals surface area (Å²) in [6.07, 6.45) is 3.12. The molecule has 1 atom stereocenters. The first kappa shape index (κ1) is 14.2. The molecular weight excluding hydrogens is 234 g/mol. The molecule has 18 heavy (non-hydrogen) atoms. The molecule has 0 aliphatic carbocycles. The molecule has 0 radical (unpaired) electrons. The zero-order chi connectivity index (χ0) is 13.9. The molecule has 100 valence electrons. The topological polar surface area (TPSA) is 84.2 Å². The minimum Gasteiger partial charge on any atom is -0.481 e. The van der Waals surface area contributed by atoms with Crippen LogP contribution in [0.5, 0.6) is 0 Å². The second-order valence-corrected chi connectivity index (χ2v) is 5.00. The zero-order valence-corrected chi connectivity index (χ0v) is 11.1. The first-order valence-corrected chi connectivity index (χ1v) is 5.77. The van der Waals surface area contributed by atoms with Crippen molar-refractivity contribution in [2.45, 2.75) is 27.2 Å². The van der Waals surface area contributed by atoms with E-state index in [0.29, 0.717) is 5.69 Å². The van der Waals surface area contributed by atoms with Crippen LogP contribution in [0.25, 0.3) is 0 Å². The quantitative estimate of drug-likeness (QED) is 0.832. The van der Waals surface area contributed by atoms with E-state index < -0.39 is 11.4 Å². The van der Waals surface area contributed by atoms with Crippen LogP contribution in [-0.4, -0.2) is 26.8 Å². The van der Waals surface area contributed by atoms with E-state index in [0.717, 1.165) is 0 Å². The molecule has 0 saturated carbocycles. The van der Waals surface area contributed by atoms with Gasteiger partial charge in [0.05, 0.1) is 17.3 Å². The summed E-state index contributed by atoms with van der Waals surface area (Å²) in [7, 11) is 1.74. The normalized spacial score (nSPS) is 14.3. The maximum absolute atomic E-state index is 11.8. The molecule has 0 spiro atoms. The second-order valence-electron chi connectivity index (χ2n) is 5.00. The molecular formula is C12H19N3O3. The number of carboxylic acids is 1. The number of amides is 1. The van der Waals surface area contributed by atoms with Gasteiger partial charge in [-0.3, -0.25) is 14.3 Å². The van der Waals surface area contributed by atoms with Crippen LogP contribution in [0.4, 0.5) is 5.69 Å². The Morgan fingerprint density at radius 3 is 2.56 bits per heavy atom. The number of nitrogens with zero attached hydrogens (tertiary/aromatic N) is 2. The maximum atomic E-state index is 11.8. The molecule has 2 N–H and O–H groups in total. The lowest BCUT2D eigenvalue weighted by atomic mass is 9.76. The largest absolute Gasteiger partial charge is 0.481 e. The lowest BCUT2D eigenvalue weighted by Gasteiger charge is -2.28. The van der Waals surface area contributed by atoms with Gasteiger partial charge < -0.3 is 10.4 Å². The summed E-state index contributed by atoms with van der Waals surface area (Å²) in [5.74, 6) is -1.41. The predicted molar refractivity (Wildman–Crippen MR) is 67.0 cm³/mol. The first-order valence-electron chi connectivity index (χ1n) is 5.77. The van der Waals surface area contributed by atoms with Crippen LogP contribution in [0.1, 0.15) is 27.2 Å². The number of aryl methyl sites for hydroxylation is 1. The predicted octanol–water partition coefficient (Wildman–Crippen LogP) is 1.50. The molecule has 6 nitrogen and oxygen atoms in total. The number of nitrogens with one attached hydrogen (secondary N) is 1. The monoisotopic (exact) mass is 253 g/mol. The second kappa shape index (κ2) is 5.20. The number of carboxylic acid groups (broad SMARTS) is 1. The molecule has 0 aromatic carbocycles. The molecule has 0 saturated heterocycles. The van der Waals surface area contributed by atoms with Gasteiger partial charge in [0.25, 0.3) is 0 Å². The lowest BCUT2D eigenvalue weighted by molar-refractivity contribution is -0.153. The summed E-state index contributed by atoms with van der Waals surface area (Å²) in [6.45, 7) is 5.18. The van der Waals surface area contributed by atoms with Gasteiger partial charge in [0.2, 0.25) is 5.91 Å². The highest BCUT2D eigenvalue weighted by atomic mass is 16.4. The van der Waals surface area contributed by atoms with Gasteiger partial charge in [0.1, 0.15) is 0 Å². The Morgan fingerprint density at radius 2 is 2.17 bits per heavy atom. The van der Waals surface area contributed by atoms with Crippen LogP contribution < -0.4 is 5.32 Å². The number of hydrogen-bond acceptors (Lipinski definition) is 3. The highest BCUT2D eigenvalue weighted by Crippen LogP contribution is 2.31. The van der Waals surface area contributed by atoms with Gasteiger partial charge in [-0.2, -0.15) is 5.10 Å². The van der Waals surface area contributed by atoms with Crippen molar-refractivity contribution in [3.63, 3.8) is 0 Å². The Hall–Kier alpha value is -1.85. The van der Waals surface area contributed by atoms with E-state index >= 15 is 0 Å². The standard InChI is InChI=1S/C12H19N3O3/c1-8(2)12(3,11(17)18)5-10(16)14-9-6-13-15(4)7-9/h6-8H,5H2,1-4H3,(H,14,16)(H,17,18). The van der Waals surface area contributed by atoms with Crippen LogP contribution in [0.15, 0.2) is 12.4 Å². The number of hydrogen-bond donors (Lipinski definition) is 2. The number of carbonyl (C=O) groups excluding carboxylic acids is 1. The third-order valence-electron chi connectivity index (χ3n) is 3.28. The van der Waals surface area contributed by atoms with E-state index in [-0.39, 0.29) is 18.2 Å². The summed E-state index contributed by atoms with van der Waals surface area (Å²) in [6, 6.07) is 0. The van der Waals surface area contributed by atoms with Gasteiger partial charge >= 0.3 is 5.97 Å². The third kappa shape index (κ3) is 3.09. The van der Waals surface area contributed by atoms with Crippen molar-refractivity contribution in [1.29, 1.82) is 0 Å². The number of rotatable bonds is 5. The van der Waals surface area contributed by atoms with Gasteiger partial charge in [-0.15, -0.1) is 0 Å². The molecule has 0 bridgehead atoms. The summed E-state index contributed by atoms with van der Waals surface area (Å²) >= 11 is 0.